The van der Waals surface area contributed by atoms with Crippen LogP contribution in [-0.2, 0) is 16.5 Å². The Hall–Kier alpha value is -3.50. The predicted molar refractivity (Wildman–Crippen MR) is 155 cm³/mol. The first-order valence-corrected chi connectivity index (χ1v) is 15.0. The van der Waals surface area contributed by atoms with Crippen LogP contribution in [0.15, 0.2) is 66.7 Å². The number of fused-ring (bicyclic) bond motifs is 1. The van der Waals surface area contributed by atoms with Crippen molar-refractivity contribution in [1.29, 1.82) is 0 Å². The molecule has 0 radical (unpaired) electrons. The Morgan fingerprint density at radius 1 is 0.805 bits per heavy atom. The molecule has 1 heterocycles. The van der Waals surface area contributed by atoms with Crippen LogP contribution in [0.2, 0.25) is 0 Å². The van der Waals surface area contributed by atoms with Crippen molar-refractivity contribution in [1.82, 2.24) is 4.90 Å². The van der Waals surface area contributed by atoms with E-state index in [0.717, 1.165) is 71.9 Å². The number of halogens is 3. The molecule has 5 rings (SSSR count). The van der Waals surface area contributed by atoms with E-state index in [1.807, 2.05) is 12.1 Å². The average Bonchev–Trinajstić information content (AvgIpc) is 2.96. The van der Waals surface area contributed by atoms with Crippen LogP contribution in [0.3, 0.4) is 0 Å². The molecule has 0 atom stereocenters. The molecule has 41 heavy (non-hydrogen) atoms. The summed E-state index contributed by atoms with van der Waals surface area (Å²) < 4.78 is 71.1. The van der Waals surface area contributed by atoms with Crippen molar-refractivity contribution in [2.45, 2.75) is 38.2 Å². The van der Waals surface area contributed by atoms with Crippen LogP contribution < -0.4 is 13.8 Å². The van der Waals surface area contributed by atoms with Gasteiger partial charge in [-0.15, -0.1) is 0 Å². The molecule has 0 spiro atoms. The third-order valence-corrected chi connectivity index (χ3v) is 8.77. The molecule has 218 valence electrons. The Morgan fingerprint density at radius 3 is 2.00 bits per heavy atom. The summed E-state index contributed by atoms with van der Waals surface area (Å²) in [5.41, 5.74) is 1.68. The second-order valence-corrected chi connectivity index (χ2v) is 12.1. The molecule has 6 nitrogen and oxygen atoms in total. The number of alkyl halides is 3. The van der Waals surface area contributed by atoms with Gasteiger partial charge in [-0.05, 0) is 96.5 Å². The van der Waals surface area contributed by atoms with Gasteiger partial charge in [0.05, 0.1) is 7.11 Å². The highest BCUT2D eigenvalue weighted by Gasteiger charge is 2.48. The Balaban J connectivity index is 1.50. The van der Waals surface area contributed by atoms with E-state index >= 15 is 0 Å². The maximum absolute atomic E-state index is 12.8. The third-order valence-electron chi connectivity index (χ3n) is 7.79. The number of anilines is 1. The van der Waals surface area contributed by atoms with Crippen molar-refractivity contribution < 1.29 is 30.5 Å². The lowest BCUT2D eigenvalue weighted by molar-refractivity contribution is -0.0500. The van der Waals surface area contributed by atoms with Crippen LogP contribution in [0.25, 0.3) is 11.1 Å². The van der Waals surface area contributed by atoms with E-state index in [-0.39, 0.29) is 0 Å². The summed E-state index contributed by atoms with van der Waals surface area (Å²) in [6.07, 6.45) is 1.48. The highest BCUT2D eigenvalue weighted by atomic mass is 32.2. The van der Waals surface area contributed by atoms with Crippen LogP contribution in [0.1, 0.15) is 42.5 Å². The quantitative estimate of drug-likeness (QED) is 0.237. The first-order valence-electron chi connectivity index (χ1n) is 13.6. The number of nitrogens with zero attached hydrogens (tertiary/aromatic N) is 2. The lowest BCUT2D eigenvalue weighted by Crippen LogP contribution is -2.48. The van der Waals surface area contributed by atoms with Gasteiger partial charge in [-0.2, -0.15) is 21.6 Å². The molecule has 0 aromatic heterocycles. The predicted octanol–water partition coefficient (Wildman–Crippen LogP) is 6.36. The standard InChI is InChI=1S/C31H33F3N2O4S/c1-21(2)35-16-18-36(19-17-35)25-10-4-24(5-11-25)30-28(15-9-23-8-14-27(39-3)20-29(23)30)22-6-12-26(13-7-22)40-41(37,38)31(32,33)34/h4-8,10-14,20-21H,9,15-19H2,1-3H3. The van der Waals surface area contributed by atoms with Gasteiger partial charge in [-0.25, -0.2) is 0 Å². The second kappa shape index (κ2) is 11.4. The number of methoxy groups -OCH3 is 1. The van der Waals surface area contributed by atoms with Crippen LogP contribution in [0, 0.1) is 0 Å². The molecule has 3 aromatic carbocycles. The summed E-state index contributed by atoms with van der Waals surface area (Å²) >= 11 is 0. The monoisotopic (exact) mass is 586 g/mol. The minimum Gasteiger partial charge on any atom is -0.497 e. The summed E-state index contributed by atoms with van der Waals surface area (Å²) in [6, 6.07) is 20.8. The zero-order valence-electron chi connectivity index (χ0n) is 23.2. The lowest BCUT2D eigenvalue weighted by Gasteiger charge is -2.38. The summed E-state index contributed by atoms with van der Waals surface area (Å²) in [7, 11) is -4.12. The normalized spacial score (nSPS) is 16.6. The van der Waals surface area contributed by atoms with Gasteiger partial charge in [-0.3, -0.25) is 4.90 Å². The molecule has 0 amide bonds. The van der Waals surface area contributed by atoms with Crippen molar-refractivity contribution in [2.75, 3.05) is 38.2 Å². The smallest absolute Gasteiger partial charge is 0.497 e. The third kappa shape index (κ3) is 6.08. The summed E-state index contributed by atoms with van der Waals surface area (Å²) in [6.45, 7) is 8.40. The minimum atomic E-state index is -5.74. The van der Waals surface area contributed by atoms with Crippen LogP contribution >= 0.6 is 0 Å². The van der Waals surface area contributed by atoms with E-state index in [0.29, 0.717) is 12.5 Å². The molecular weight excluding hydrogens is 553 g/mol. The number of aryl methyl sites for hydroxylation is 1. The zero-order chi connectivity index (χ0) is 29.4. The molecule has 1 aliphatic carbocycles. The van der Waals surface area contributed by atoms with Crippen molar-refractivity contribution in [2.24, 2.45) is 0 Å². The molecule has 0 bridgehead atoms. The van der Waals surface area contributed by atoms with Gasteiger partial charge in [0, 0.05) is 37.9 Å². The number of benzene rings is 3. The first kappa shape index (κ1) is 29.0. The van der Waals surface area contributed by atoms with Gasteiger partial charge in [0.1, 0.15) is 11.5 Å². The highest BCUT2D eigenvalue weighted by molar-refractivity contribution is 7.88. The number of rotatable bonds is 7. The van der Waals surface area contributed by atoms with Crippen LogP contribution in [0.4, 0.5) is 18.9 Å². The summed E-state index contributed by atoms with van der Waals surface area (Å²) in [5, 5.41) is 0. The maximum Gasteiger partial charge on any atom is 0.534 e. The number of hydrogen-bond donors (Lipinski definition) is 0. The maximum atomic E-state index is 12.8. The lowest BCUT2D eigenvalue weighted by atomic mass is 9.79. The second-order valence-electron chi connectivity index (χ2n) is 10.5. The molecule has 2 aliphatic rings. The van der Waals surface area contributed by atoms with E-state index in [4.69, 9.17) is 4.74 Å². The number of hydrogen-bond acceptors (Lipinski definition) is 6. The molecular formula is C31H33F3N2O4S. The molecule has 1 fully saturated rings. The zero-order valence-corrected chi connectivity index (χ0v) is 24.1. The molecule has 1 aliphatic heterocycles. The van der Waals surface area contributed by atoms with E-state index in [2.05, 4.69) is 58.2 Å². The number of allylic oxidation sites excluding steroid dienone is 1. The van der Waals surface area contributed by atoms with E-state index in [9.17, 15) is 21.6 Å². The molecule has 0 N–H and O–H groups in total. The molecule has 0 unspecified atom stereocenters. The Morgan fingerprint density at radius 2 is 1.41 bits per heavy atom. The average molecular weight is 587 g/mol. The Kier molecular flexibility index (Phi) is 8.07. The Bertz CT molecular complexity index is 1530. The van der Waals surface area contributed by atoms with Crippen molar-refractivity contribution in [3.05, 3.63) is 89.0 Å². The van der Waals surface area contributed by atoms with E-state index in [1.54, 1.807) is 19.2 Å². The summed E-state index contributed by atoms with van der Waals surface area (Å²) in [4.78, 5) is 4.87. The fourth-order valence-corrected chi connectivity index (χ4v) is 5.98. The van der Waals surface area contributed by atoms with Crippen molar-refractivity contribution in [3.8, 4) is 11.5 Å². The van der Waals surface area contributed by atoms with Gasteiger partial charge in [-0.1, -0.05) is 30.3 Å². The van der Waals surface area contributed by atoms with Gasteiger partial charge < -0.3 is 13.8 Å². The molecule has 1 saturated heterocycles. The van der Waals surface area contributed by atoms with Gasteiger partial charge in [0.25, 0.3) is 0 Å². The number of piperazine rings is 1. The van der Waals surface area contributed by atoms with Crippen LogP contribution in [-0.4, -0.2) is 58.2 Å². The van der Waals surface area contributed by atoms with Gasteiger partial charge in [0.2, 0.25) is 0 Å². The fraction of sp³-hybridized carbons (Fsp3) is 0.355. The highest BCUT2D eigenvalue weighted by Crippen LogP contribution is 2.43. The van der Waals surface area contributed by atoms with E-state index in [1.165, 1.54) is 17.7 Å². The molecule has 10 heteroatoms. The first-order chi connectivity index (χ1) is 19.5. The largest absolute Gasteiger partial charge is 0.534 e. The van der Waals surface area contributed by atoms with Crippen LogP contribution in [0.5, 0.6) is 11.5 Å². The molecule has 3 aromatic rings. The van der Waals surface area contributed by atoms with Crippen molar-refractivity contribution in [3.63, 3.8) is 0 Å². The summed E-state index contributed by atoms with van der Waals surface area (Å²) in [5.74, 6) is 0.330. The SMILES string of the molecule is COc1ccc2c(c1)C(c1ccc(N3CCN(C(C)C)CC3)cc1)=C(c1ccc(OS(=O)(=O)C(F)(F)F)cc1)CC2. The minimum absolute atomic E-state index is 0.395. The fourth-order valence-electron chi connectivity index (χ4n) is 5.52. The van der Waals surface area contributed by atoms with E-state index < -0.39 is 21.4 Å². The topological polar surface area (TPSA) is 59.1 Å². The molecule has 0 saturated carbocycles. The Labute approximate surface area is 239 Å². The van der Waals surface area contributed by atoms with Gasteiger partial charge >= 0.3 is 15.6 Å². The van der Waals surface area contributed by atoms with Crippen molar-refractivity contribution >= 4 is 27.0 Å². The number of ether oxygens (including phenoxy) is 1. The van der Waals surface area contributed by atoms with Gasteiger partial charge in [0.15, 0.2) is 0 Å².